The molecule has 0 aromatic rings. The van der Waals surface area contributed by atoms with Crippen molar-refractivity contribution in [2.24, 2.45) is 0 Å². The van der Waals surface area contributed by atoms with Crippen molar-refractivity contribution in [1.29, 1.82) is 0 Å². The molecule has 0 aliphatic carbocycles. The zero-order chi connectivity index (χ0) is 7.49. The summed E-state index contributed by atoms with van der Waals surface area (Å²) in [5.41, 5.74) is 0. The summed E-state index contributed by atoms with van der Waals surface area (Å²) in [6.07, 6.45) is -0.158. The molecule has 7 heteroatoms. The largest absolute Gasteiger partial charge is 0.703 e. The van der Waals surface area contributed by atoms with Gasteiger partial charge in [-0.1, -0.05) is 6.92 Å². The van der Waals surface area contributed by atoms with Crippen LogP contribution in [0.15, 0.2) is 0 Å². The fourth-order valence-corrected chi connectivity index (χ4v) is 1.50. The van der Waals surface area contributed by atoms with Crippen molar-refractivity contribution in [3.8, 4) is 0 Å². The van der Waals surface area contributed by atoms with Gasteiger partial charge >= 0.3 is 15.9 Å². The van der Waals surface area contributed by atoms with Gasteiger partial charge in [-0.2, -0.15) is 0 Å². The van der Waals surface area contributed by atoms with Gasteiger partial charge < -0.3 is 4.89 Å². The van der Waals surface area contributed by atoms with Crippen LogP contribution >= 0.6 is 15.9 Å². The quantitative estimate of drug-likeness (QED) is 0.618. The lowest BCUT2D eigenvalue weighted by Crippen LogP contribution is -1.82. The Morgan fingerprint density at radius 3 is 2.33 bits per heavy atom. The van der Waals surface area contributed by atoms with Crippen molar-refractivity contribution in [1.82, 2.24) is 0 Å². The lowest BCUT2D eigenvalue weighted by Gasteiger charge is -1.94. The Labute approximate surface area is 53.1 Å². The summed E-state index contributed by atoms with van der Waals surface area (Å²) in [6.45, 7) is 1.39. The summed E-state index contributed by atoms with van der Waals surface area (Å²) < 4.78 is 23.9. The van der Waals surface area contributed by atoms with Gasteiger partial charge in [0.25, 0.3) is 0 Å². The zero-order valence-electron chi connectivity index (χ0n) is 4.72. The van der Waals surface area contributed by atoms with Crippen LogP contribution in [-0.2, 0) is 13.4 Å². The Bertz CT molecular complexity index is 153. The predicted molar refractivity (Wildman–Crippen MR) is 31.3 cm³/mol. The van der Waals surface area contributed by atoms with E-state index in [9.17, 15) is 9.13 Å². The molecule has 0 aromatic heterocycles. The van der Waals surface area contributed by atoms with Crippen LogP contribution in [0.3, 0.4) is 0 Å². The van der Waals surface area contributed by atoms with Crippen molar-refractivity contribution in [3.05, 3.63) is 0 Å². The summed E-state index contributed by atoms with van der Waals surface area (Å²) in [5.74, 6) is 0. The molecule has 0 amide bonds. The molecule has 5 nitrogen and oxygen atoms in total. The SMILES string of the molecule is CCP(=O)(O)O[P+](=O)O. The lowest BCUT2D eigenvalue weighted by atomic mass is 11.0. The van der Waals surface area contributed by atoms with Gasteiger partial charge in [-0.15, -0.1) is 4.89 Å². The highest BCUT2D eigenvalue weighted by Gasteiger charge is 2.30. The van der Waals surface area contributed by atoms with Crippen molar-refractivity contribution in [2.45, 2.75) is 6.92 Å². The monoisotopic (exact) mass is 173 g/mol. The highest BCUT2D eigenvalue weighted by molar-refractivity contribution is 7.59. The second kappa shape index (κ2) is 3.40. The first-order valence-corrected chi connectivity index (χ1v) is 5.05. The fraction of sp³-hybridized carbons (Fsp3) is 1.00. The zero-order valence-corrected chi connectivity index (χ0v) is 6.51. The Balaban J connectivity index is 3.88. The first-order chi connectivity index (χ1) is 3.98. The van der Waals surface area contributed by atoms with Gasteiger partial charge in [0.15, 0.2) is 0 Å². The molecule has 0 aliphatic rings. The molecular weight excluding hydrogens is 166 g/mol. The van der Waals surface area contributed by atoms with E-state index < -0.39 is 15.9 Å². The summed E-state index contributed by atoms with van der Waals surface area (Å²) in [7, 11) is -6.72. The second-order valence-electron chi connectivity index (χ2n) is 1.27. The third-order valence-electron chi connectivity index (χ3n) is 0.597. The Hall–Kier alpha value is 0.210. The molecular formula is C2H7O5P2+. The fourth-order valence-electron chi connectivity index (χ4n) is 0.167. The summed E-state index contributed by atoms with van der Waals surface area (Å²) in [4.78, 5) is 16.5. The maximum Gasteiger partial charge on any atom is 0.703 e. The third-order valence-corrected chi connectivity index (χ3v) is 2.98. The van der Waals surface area contributed by atoms with Crippen LogP contribution in [0.5, 0.6) is 0 Å². The minimum absolute atomic E-state index is 0.158. The van der Waals surface area contributed by atoms with E-state index in [1.165, 1.54) is 6.92 Å². The molecule has 54 valence electrons. The van der Waals surface area contributed by atoms with E-state index in [0.717, 1.165) is 0 Å². The van der Waals surface area contributed by atoms with E-state index >= 15 is 0 Å². The van der Waals surface area contributed by atoms with Gasteiger partial charge in [-0.25, -0.2) is 0 Å². The van der Waals surface area contributed by atoms with Gasteiger partial charge in [0, 0.05) is 4.57 Å². The molecule has 2 N–H and O–H groups in total. The number of rotatable bonds is 3. The van der Waals surface area contributed by atoms with E-state index in [1.54, 1.807) is 0 Å². The van der Waals surface area contributed by atoms with Gasteiger partial charge in [-0.3, -0.25) is 4.57 Å². The smallest absolute Gasteiger partial charge is 0.322 e. The molecule has 2 unspecified atom stereocenters. The van der Waals surface area contributed by atoms with Crippen LogP contribution in [0.25, 0.3) is 0 Å². The van der Waals surface area contributed by atoms with Crippen LogP contribution in [0.4, 0.5) is 0 Å². The molecule has 0 fully saturated rings. The van der Waals surface area contributed by atoms with Crippen LogP contribution < -0.4 is 0 Å². The average Bonchev–Trinajstić information content (AvgIpc) is 1.63. The molecule has 0 saturated heterocycles. The summed E-state index contributed by atoms with van der Waals surface area (Å²) in [6, 6.07) is 0. The normalized spacial score (nSPS) is 18.8. The van der Waals surface area contributed by atoms with Gasteiger partial charge in [0.05, 0.1) is 6.16 Å². The number of hydrogen-bond acceptors (Lipinski definition) is 3. The Morgan fingerprint density at radius 2 is 2.22 bits per heavy atom. The van der Waals surface area contributed by atoms with Gasteiger partial charge in [-0.05, 0) is 4.31 Å². The van der Waals surface area contributed by atoms with E-state index in [4.69, 9.17) is 9.79 Å². The maximum absolute atomic E-state index is 10.4. The predicted octanol–water partition coefficient (Wildman–Crippen LogP) is 0.858. The molecule has 0 heterocycles. The molecule has 0 saturated carbocycles. The third kappa shape index (κ3) is 4.70. The van der Waals surface area contributed by atoms with E-state index in [1.807, 2.05) is 0 Å². The molecule has 2 atom stereocenters. The maximum atomic E-state index is 10.4. The molecule has 9 heavy (non-hydrogen) atoms. The van der Waals surface area contributed by atoms with Crippen LogP contribution in [0, 0.1) is 0 Å². The van der Waals surface area contributed by atoms with Crippen LogP contribution in [-0.4, -0.2) is 15.9 Å². The molecule has 0 bridgehead atoms. The van der Waals surface area contributed by atoms with E-state index in [0.29, 0.717) is 0 Å². The summed E-state index contributed by atoms with van der Waals surface area (Å²) >= 11 is 0. The molecule has 0 aliphatic heterocycles. The van der Waals surface area contributed by atoms with Crippen molar-refractivity contribution >= 4 is 15.9 Å². The van der Waals surface area contributed by atoms with Crippen LogP contribution in [0.2, 0.25) is 0 Å². The topological polar surface area (TPSA) is 83.8 Å². The first-order valence-electron chi connectivity index (χ1n) is 2.15. The first kappa shape index (κ1) is 9.21. The minimum Gasteiger partial charge on any atom is -0.322 e. The average molecular weight is 173 g/mol. The molecule has 0 radical (unpaired) electrons. The Morgan fingerprint density at radius 1 is 1.78 bits per heavy atom. The standard InChI is InChI=1S/C2H6O5P2/c1-2-9(5,6)7-8(3)4/h2H2,1H3,(H-,3,4,5,6)/p+1. The molecule has 0 aromatic carbocycles. The van der Waals surface area contributed by atoms with Crippen molar-refractivity contribution in [3.63, 3.8) is 0 Å². The molecule has 0 rings (SSSR count). The highest BCUT2D eigenvalue weighted by Crippen LogP contribution is 2.48. The van der Waals surface area contributed by atoms with Crippen LogP contribution in [0.1, 0.15) is 6.92 Å². The van der Waals surface area contributed by atoms with E-state index in [2.05, 4.69) is 4.31 Å². The lowest BCUT2D eigenvalue weighted by molar-refractivity contribution is 0.351. The highest BCUT2D eigenvalue weighted by atomic mass is 31.2. The minimum atomic E-state index is -3.76. The van der Waals surface area contributed by atoms with Crippen molar-refractivity contribution < 1.29 is 23.2 Å². The van der Waals surface area contributed by atoms with Crippen molar-refractivity contribution in [2.75, 3.05) is 6.16 Å². The van der Waals surface area contributed by atoms with Gasteiger partial charge in [0.2, 0.25) is 0 Å². The number of hydrogen-bond donors (Lipinski definition) is 2. The molecule has 0 spiro atoms. The second-order valence-corrected chi connectivity index (χ2v) is 4.31. The Kier molecular flexibility index (Phi) is 3.48. The van der Waals surface area contributed by atoms with E-state index in [-0.39, 0.29) is 6.16 Å². The van der Waals surface area contributed by atoms with Gasteiger partial charge in [0.1, 0.15) is 0 Å². The summed E-state index contributed by atoms with van der Waals surface area (Å²) in [5, 5.41) is 0.